The van der Waals surface area contributed by atoms with Crippen molar-refractivity contribution in [2.45, 2.75) is 18.6 Å². The smallest absolute Gasteiger partial charge is 0.149 e. The van der Waals surface area contributed by atoms with Gasteiger partial charge in [0.2, 0.25) is 0 Å². The number of benzene rings is 1. The molecule has 8 heteroatoms. The Kier molecular flexibility index (Phi) is 3.84. The number of hydrogen-bond donors (Lipinski definition) is 2. The minimum Gasteiger partial charge on any atom is -0.377 e. The Labute approximate surface area is 181 Å². The molecule has 0 spiro atoms. The zero-order valence-electron chi connectivity index (χ0n) is 16.3. The number of thiazole rings is 1. The van der Waals surface area contributed by atoms with Gasteiger partial charge in [-0.05, 0) is 17.7 Å². The molecule has 1 aliphatic rings. The topological polar surface area (TPSA) is 103 Å². The molecule has 31 heavy (non-hydrogen) atoms. The van der Waals surface area contributed by atoms with Crippen LogP contribution in [0.15, 0.2) is 60.5 Å². The molecule has 0 bridgehead atoms. The van der Waals surface area contributed by atoms with Crippen molar-refractivity contribution >= 4 is 22.4 Å². The molecule has 0 unspecified atom stereocenters. The first-order valence-corrected chi connectivity index (χ1v) is 10.7. The van der Waals surface area contributed by atoms with Crippen molar-refractivity contribution in [3.05, 3.63) is 77.5 Å². The maximum atomic E-state index is 11.4. The molecule has 1 aliphatic heterocycles. The first kappa shape index (κ1) is 18.0. The number of fused-ring (bicyclic) bond motifs is 2. The Balaban J connectivity index is 1.39. The fourth-order valence-electron chi connectivity index (χ4n) is 4.23. The second-order valence-corrected chi connectivity index (χ2v) is 8.47. The van der Waals surface area contributed by atoms with Crippen LogP contribution in [0.5, 0.6) is 0 Å². The number of hydrogen-bond acceptors (Lipinski definition) is 6. The lowest BCUT2D eigenvalue weighted by molar-refractivity contribution is 0.0786. The molecule has 7 nitrogen and oxygen atoms in total. The van der Waals surface area contributed by atoms with E-state index in [2.05, 4.69) is 21.0 Å². The zero-order valence-corrected chi connectivity index (χ0v) is 17.1. The van der Waals surface area contributed by atoms with Gasteiger partial charge in [0.05, 0.1) is 11.3 Å². The molecule has 0 radical (unpaired) electrons. The summed E-state index contributed by atoms with van der Waals surface area (Å²) in [6, 6.07) is 11.8. The van der Waals surface area contributed by atoms with Crippen LogP contribution in [0.2, 0.25) is 0 Å². The van der Waals surface area contributed by atoms with E-state index in [4.69, 9.17) is 4.98 Å². The van der Waals surface area contributed by atoms with Crippen molar-refractivity contribution in [2.24, 2.45) is 0 Å². The van der Waals surface area contributed by atoms with Gasteiger partial charge in [0.15, 0.2) is 0 Å². The second kappa shape index (κ2) is 6.60. The molecule has 0 saturated heterocycles. The molecule has 5 aromatic rings. The third-order valence-electron chi connectivity index (χ3n) is 5.83. The molecule has 0 fully saturated rings. The molecule has 2 N–H and O–H groups in total. The number of rotatable bonds is 3. The van der Waals surface area contributed by atoms with Gasteiger partial charge in [-0.3, -0.25) is 0 Å². The Bertz CT molecular complexity index is 1490. The van der Waals surface area contributed by atoms with E-state index in [9.17, 15) is 10.4 Å². The van der Waals surface area contributed by atoms with E-state index in [1.165, 1.54) is 11.3 Å². The van der Waals surface area contributed by atoms with E-state index in [1.54, 1.807) is 12.4 Å². The summed E-state index contributed by atoms with van der Waals surface area (Å²) >= 11 is 1.54. The van der Waals surface area contributed by atoms with Crippen LogP contribution in [0.1, 0.15) is 23.4 Å². The summed E-state index contributed by atoms with van der Waals surface area (Å²) in [5, 5.41) is 24.3. The first-order valence-electron chi connectivity index (χ1n) is 9.84. The van der Waals surface area contributed by atoms with E-state index in [0.29, 0.717) is 17.8 Å². The second-order valence-electron chi connectivity index (χ2n) is 7.61. The number of nitrogens with zero attached hydrogens (tertiary/aromatic N) is 5. The average molecular weight is 424 g/mol. The van der Waals surface area contributed by atoms with Gasteiger partial charge < -0.3 is 14.7 Å². The maximum absolute atomic E-state index is 11.4. The number of nitriles is 1. The molecule has 5 heterocycles. The number of nitrogens with one attached hydrogen (secondary N) is 1. The lowest BCUT2D eigenvalue weighted by Crippen LogP contribution is -2.25. The summed E-state index contributed by atoms with van der Waals surface area (Å²) in [6.07, 6.45) is 7.66. The molecule has 4 aromatic heterocycles. The van der Waals surface area contributed by atoms with Crippen molar-refractivity contribution in [1.82, 2.24) is 24.5 Å². The van der Waals surface area contributed by atoms with Crippen molar-refractivity contribution < 1.29 is 5.11 Å². The van der Waals surface area contributed by atoms with Crippen LogP contribution in [0.4, 0.5) is 0 Å². The van der Waals surface area contributed by atoms with Crippen molar-refractivity contribution in [1.29, 1.82) is 5.26 Å². The van der Waals surface area contributed by atoms with Gasteiger partial charge in [-0.15, -0.1) is 11.3 Å². The van der Waals surface area contributed by atoms with E-state index in [-0.39, 0.29) is 0 Å². The largest absolute Gasteiger partial charge is 0.377 e. The predicted octanol–water partition coefficient (Wildman–Crippen LogP) is 4.06. The van der Waals surface area contributed by atoms with Crippen LogP contribution in [0.25, 0.3) is 32.9 Å². The van der Waals surface area contributed by atoms with E-state index < -0.39 is 5.60 Å². The zero-order chi connectivity index (χ0) is 21.0. The van der Waals surface area contributed by atoms with Gasteiger partial charge in [0.1, 0.15) is 28.1 Å². The van der Waals surface area contributed by atoms with E-state index >= 15 is 0 Å². The highest BCUT2D eigenvalue weighted by atomic mass is 32.1. The SMILES string of the molecule is N#Cc1cnc2[nH]cc(-c3nc(-c4cccc([C@]5(O)CCn6ccnc65)c4)cs3)c2c1. The molecule has 1 aromatic carbocycles. The molecule has 0 aliphatic carbocycles. The standard InChI is InChI=1S/C23H16N6OS/c24-10-14-8-17-18(12-27-20(17)26-11-14)21-28-19(13-31-21)15-2-1-3-16(9-15)23(30)4-6-29-7-5-25-22(23)29/h1-3,5,7-9,11-13,30H,4,6H2,(H,26,27)/t23-/m1/s1. The van der Waals surface area contributed by atoms with Crippen LogP contribution in [0.3, 0.4) is 0 Å². The molecule has 0 amide bonds. The van der Waals surface area contributed by atoms with Crippen LogP contribution in [0, 0.1) is 11.3 Å². The van der Waals surface area contributed by atoms with Gasteiger partial charge in [-0.2, -0.15) is 5.26 Å². The fraction of sp³-hybridized carbons (Fsp3) is 0.130. The minimum atomic E-state index is -1.09. The van der Waals surface area contributed by atoms with Gasteiger partial charge >= 0.3 is 0 Å². The number of aryl methyl sites for hydroxylation is 1. The Hall–Kier alpha value is -3.80. The van der Waals surface area contributed by atoms with Crippen molar-refractivity contribution in [2.75, 3.05) is 0 Å². The monoisotopic (exact) mass is 424 g/mol. The molecular weight excluding hydrogens is 408 g/mol. The van der Waals surface area contributed by atoms with Gasteiger partial charge in [-0.1, -0.05) is 18.2 Å². The van der Waals surface area contributed by atoms with Crippen LogP contribution < -0.4 is 0 Å². The number of H-pyrrole nitrogens is 1. The normalized spacial score (nSPS) is 17.7. The molecule has 6 rings (SSSR count). The number of aromatic amines is 1. The number of aromatic nitrogens is 5. The maximum Gasteiger partial charge on any atom is 0.149 e. The summed E-state index contributed by atoms with van der Waals surface area (Å²) in [7, 11) is 0. The summed E-state index contributed by atoms with van der Waals surface area (Å²) < 4.78 is 1.99. The third kappa shape index (κ3) is 2.71. The highest BCUT2D eigenvalue weighted by Gasteiger charge is 2.40. The predicted molar refractivity (Wildman–Crippen MR) is 117 cm³/mol. The lowest BCUT2D eigenvalue weighted by atomic mass is 9.90. The van der Waals surface area contributed by atoms with E-state index in [1.807, 2.05) is 52.7 Å². The van der Waals surface area contributed by atoms with Gasteiger partial charge in [-0.25, -0.2) is 15.0 Å². The highest BCUT2D eigenvalue weighted by molar-refractivity contribution is 7.13. The Morgan fingerprint density at radius 3 is 3.10 bits per heavy atom. The summed E-state index contributed by atoms with van der Waals surface area (Å²) in [5.74, 6) is 0.684. The lowest BCUT2D eigenvalue weighted by Gasteiger charge is -2.22. The van der Waals surface area contributed by atoms with Crippen molar-refractivity contribution in [3.63, 3.8) is 0 Å². The third-order valence-corrected chi connectivity index (χ3v) is 6.71. The fourth-order valence-corrected chi connectivity index (χ4v) is 5.09. The highest BCUT2D eigenvalue weighted by Crippen LogP contribution is 2.39. The summed E-state index contributed by atoms with van der Waals surface area (Å²) in [6.45, 7) is 0.746. The minimum absolute atomic E-state index is 0.515. The number of imidazole rings is 1. The number of pyridine rings is 1. The molecular formula is C23H16N6OS. The Morgan fingerprint density at radius 1 is 1.26 bits per heavy atom. The van der Waals surface area contributed by atoms with E-state index in [0.717, 1.165) is 45.0 Å². The van der Waals surface area contributed by atoms with Crippen LogP contribution >= 0.6 is 11.3 Å². The quantitative estimate of drug-likeness (QED) is 0.455. The van der Waals surface area contributed by atoms with Gasteiger partial charge in [0, 0.05) is 59.6 Å². The van der Waals surface area contributed by atoms with Gasteiger partial charge in [0.25, 0.3) is 0 Å². The summed E-state index contributed by atoms with van der Waals surface area (Å²) in [4.78, 5) is 16.7. The molecule has 150 valence electrons. The number of aliphatic hydroxyl groups is 1. The van der Waals surface area contributed by atoms with Crippen molar-refractivity contribution in [3.8, 4) is 27.9 Å². The van der Waals surface area contributed by atoms with Crippen LogP contribution in [-0.4, -0.2) is 29.6 Å². The Morgan fingerprint density at radius 2 is 2.19 bits per heavy atom. The summed E-state index contributed by atoms with van der Waals surface area (Å²) in [5.41, 5.74) is 3.67. The molecule has 1 atom stereocenters. The molecule has 0 saturated carbocycles. The first-order chi connectivity index (χ1) is 15.2. The van der Waals surface area contributed by atoms with Crippen LogP contribution in [-0.2, 0) is 12.1 Å². The average Bonchev–Trinajstić information content (AvgIpc) is 3.58.